The van der Waals surface area contributed by atoms with Crippen molar-refractivity contribution in [2.45, 2.75) is 56.3 Å². The quantitative estimate of drug-likeness (QED) is 0.371. The van der Waals surface area contributed by atoms with Crippen LogP contribution in [0.2, 0.25) is 0 Å². The molecule has 3 amide bonds. The Bertz CT molecular complexity index is 1070. The van der Waals surface area contributed by atoms with Gasteiger partial charge in [-0.05, 0) is 32.9 Å². The second kappa shape index (κ2) is 9.57. The van der Waals surface area contributed by atoms with Crippen LogP contribution in [-0.4, -0.2) is 71.4 Å². The molecule has 0 aromatic heterocycles. The van der Waals surface area contributed by atoms with E-state index < -0.39 is 83.6 Å². The fourth-order valence-corrected chi connectivity index (χ4v) is 3.09. The van der Waals surface area contributed by atoms with E-state index in [9.17, 15) is 59.0 Å². The summed E-state index contributed by atoms with van der Waals surface area (Å²) in [5.41, 5.74) is -6.55. The number of nitrogens with one attached hydrogen (secondary N) is 2. The largest absolute Gasteiger partial charge is 0.486 e. The average Bonchev–Trinajstić information content (AvgIpc) is 2.80. The number of carbonyl (C=O) groups excluding carboxylic acids is 3. The summed E-state index contributed by atoms with van der Waals surface area (Å²) in [4.78, 5) is 38.0. The third kappa shape index (κ3) is 6.19. The van der Waals surface area contributed by atoms with E-state index in [0.29, 0.717) is 13.0 Å². The molecule has 1 aliphatic rings. The van der Waals surface area contributed by atoms with Crippen molar-refractivity contribution < 1.29 is 63.7 Å². The van der Waals surface area contributed by atoms with Gasteiger partial charge in [0.05, 0.1) is 12.2 Å². The van der Waals surface area contributed by atoms with Crippen LogP contribution in [0.25, 0.3) is 0 Å². The van der Waals surface area contributed by atoms with Crippen LogP contribution in [0.15, 0.2) is 18.2 Å². The van der Waals surface area contributed by atoms with Crippen molar-refractivity contribution in [1.82, 2.24) is 10.6 Å². The molecule has 8 nitrogen and oxygen atoms in total. The number of anilines is 1. The van der Waals surface area contributed by atoms with Crippen LogP contribution in [0, 0.1) is 5.82 Å². The first-order valence-electron chi connectivity index (χ1n) is 10.2. The van der Waals surface area contributed by atoms with Crippen LogP contribution < -0.4 is 20.3 Å². The monoisotopic (exact) mass is 553 g/mol. The number of benzene rings is 1. The highest BCUT2D eigenvalue weighted by molar-refractivity contribution is 6.11. The summed E-state index contributed by atoms with van der Waals surface area (Å²) < 4.78 is 122. The van der Waals surface area contributed by atoms with Crippen molar-refractivity contribution in [3.63, 3.8) is 0 Å². The SMILES string of the molecule is C[C@H]1Oc2ccc(F)cc2N(CC(F)(F)F)C(=O)[C@]1(C)NC(=O)C(C)(O)C(=O)NCC(F)(F)C(F)(F)F. The summed E-state index contributed by atoms with van der Waals surface area (Å²) in [6.45, 7) is -2.00. The Balaban J connectivity index is 2.38. The molecule has 0 spiro atoms. The minimum Gasteiger partial charge on any atom is -0.486 e. The highest BCUT2D eigenvalue weighted by Crippen LogP contribution is 2.39. The molecule has 0 bridgehead atoms. The molecule has 3 atom stereocenters. The average molecular weight is 553 g/mol. The van der Waals surface area contributed by atoms with E-state index in [1.54, 1.807) is 0 Å². The summed E-state index contributed by atoms with van der Waals surface area (Å²) in [6.07, 6.45) is -12.6. The number of hydrogen-bond donors (Lipinski definition) is 3. The number of aliphatic hydroxyl groups is 1. The predicted octanol–water partition coefficient (Wildman–Crippen LogP) is 2.44. The second-order valence-corrected chi connectivity index (χ2v) is 8.49. The van der Waals surface area contributed by atoms with Gasteiger partial charge < -0.3 is 20.5 Å². The first-order valence-corrected chi connectivity index (χ1v) is 10.2. The standard InChI is InChI=1S/C20H20F9N3O5/c1-9-16(2,31-14(34)17(3,36)13(33)30-7-18(22,23)20(27,28)29)15(35)32(8-19(24,25)26)11-6-10(21)4-5-12(11)37-9/h4-6,9,36H,7-8H2,1-3H3,(H,30,33)(H,31,34)/t9-,16-,17?/m1/s1. The smallest absolute Gasteiger partial charge is 0.455 e. The molecular weight excluding hydrogens is 533 g/mol. The molecule has 0 saturated carbocycles. The summed E-state index contributed by atoms with van der Waals surface area (Å²) in [5.74, 6) is -12.3. The van der Waals surface area contributed by atoms with Gasteiger partial charge in [-0.3, -0.25) is 19.3 Å². The predicted molar refractivity (Wildman–Crippen MR) is 106 cm³/mol. The first kappa shape index (κ1) is 30.0. The van der Waals surface area contributed by atoms with E-state index in [-0.39, 0.29) is 4.90 Å². The number of nitrogens with zero attached hydrogens (tertiary/aromatic N) is 1. The lowest BCUT2D eigenvalue weighted by atomic mass is 9.91. The maximum absolute atomic E-state index is 13.8. The molecule has 17 heteroatoms. The van der Waals surface area contributed by atoms with E-state index in [1.807, 2.05) is 5.32 Å². The van der Waals surface area contributed by atoms with Gasteiger partial charge in [0.15, 0.2) is 5.54 Å². The van der Waals surface area contributed by atoms with Crippen LogP contribution in [0.4, 0.5) is 45.2 Å². The van der Waals surface area contributed by atoms with Crippen LogP contribution >= 0.6 is 0 Å². The van der Waals surface area contributed by atoms with Crippen molar-refractivity contribution in [3.8, 4) is 5.75 Å². The van der Waals surface area contributed by atoms with Crippen molar-refractivity contribution >= 4 is 23.4 Å². The Morgan fingerprint density at radius 3 is 2.19 bits per heavy atom. The zero-order chi connectivity index (χ0) is 28.8. The van der Waals surface area contributed by atoms with Gasteiger partial charge in [0, 0.05) is 6.07 Å². The number of carbonyl (C=O) groups is 3. The highest BCUT2D eigenvalue weighted by Gasteiger charge is 2.58. The highest BCUT2D eigenvalue weighted by atomic mass is 19.4. The first-order chi connectivity index (χ1) is 16.5. The number of ether oxygens (including phenoxy) is 1. The topological polar surface area (TPSA) is 108 Å². The van der Waals surface area contributed by atoms with Gasteiger partial charge in [0.25, 0.3) is 17.7 Å². The fourth-order valence-electron chi connectivity index (χ4n) is 3.09. The molecule has 37 heavy (non-hydrogen) atoms. The lowest BCUT2D eigenvalue weighted by Crippen LogP contribution is -2.69. The van der Waals surface area contributed by atoms with Gasteiger partial charge in [-0.15, -0.1) is 0 Å². The Morgan fingerprint density at radius 2 is 1.68 bits per heavy atom. The Labute approximate surface area is 202 Å². The summed E-state index contributed by atoms with van der Waals surface area (Å²) >= 11 is 0. The molecular formula is C20H20F9N3O5. The summed E-state index contributed by atoms with van der Waals surface area (Å²) in [5, 5.41) is 13.1. The number of fused-ring (bicyclic) bond motifs is 1. The number of amides is 3. The second-order valence-electron chi connectivity index (χ2n) is 8.49. The summed E-state index contributed by atoms with van der Waals surface area (Å²) in [7, 11) is 0. The third-order valence-corrected chi connectivity index (χ3v) is 5.50. The van der Waals surface area contributed by atoms with E-state index in [1.165, 1.54) is 0 Å². The zero-order valence-electron chi connectivity index (χ0n) is 19.2. The fraction of sp³-hybridized carbons (Fsp3) is 0.550. The molecule has 1 unspecified atom stereocenters. The maximum Gasteiger partial charge on any atom is 0.455 e. The van der Waals surface area contributed by atoms with Gasteiger partial charge in [-0.1, -0.05) is 0 Å². The lowest BCUT2D eigenvalue weighted by molar-refractivity contribution is -0.278. The van der Waals surface area contributed by atoms with E-state index in [4.69, 9.17) is 4.74 Å². The Hall–Kier alpha value is -3.24. The van der Waals surface area contributed by atoms with Gasteiger partial charge in [0.2, 0.25) is 5.60 Å². The Morgan fingerprint density at radius 1 is 1.11 bits per heavy atom. The van der Waals surface area contributed by atoms with Gasteiger partial charge in [-0.2, -0.15) is 35.1 Å². The normalized spacial score (nSPS) is 22.4. The van der Waals surface area contributed by atoms with Crippen molar-refractivity contribution in [3.05, 3.63) is 24.0 Å². The zero-order valence-corrected chi connectivity index (χ0v) is 19.2. The molecule has 208 valence electrons. The lowest BCUT2D eigenvalue weighted by Gasteiger charge is -2.37. The number of alkyl halides is 8. The van der Waals surface area contributed by atoms with Crippen LogP contribution in [0.5, 0.6) is 5.75 Å². The minimum atomic E-state index is -6.07. The molecule has 1 heterocycles. The van der Waals surface area contributed by atoms with Gasteiger partial charge >= 0.3 is 18.3 Å². The summed E-state index contributed by atoms with van der Waals surface area (Å²) in [6, 6.07) is 2.29. The third-order valence-electron chi connectivity index (χ3n) is 5.50. The van der Waals surface area contributed by atoms with E-state index in [2.05, 4.69) is 0 Å². The van der Waals surface area contributed by atoms with Crippen LogP contribution in [0.1, 0.15) is 20.8 Å². The number of halogens is 9. The van der Waals surface area contributed by atoms with E-state index in [0.717, 1.165) is 31.3 Å². The minimum absolute atomic E-state index is 0.0425. The molecule has 1 aliphatic heterocycles. The van der Waals surface area contributed by atoms with E-state index >= 15 is 0 Å². The molecule has 0 fully saturated rings. The van der Waals surface area contributed by atoms with Gasteiger partial charge in [-0.25, -0.2) is 4.39 Å². The molecule has 0 aliphatic carbocycles. The van der Waals surface area contributed by atoms with Crippen molar-refractivity contribution in [2.75, 3.05) is 18.0 Å². The molecule has 1 aromatic rings. The molecule has 2 rings (SSSR count). The Kier molecular flexibility index (Phi) is 7.76. The van der Waals surface area contributed by atoms with Crippen LogP contribution in [0.3, 0.4) is 0 Å². The molecule has 1 aromatic carbocycles. The maximum atomic E-state index is 13.8. The number of rotatable bonds is 6. The molecule has 0 radical (unpaired) electrons. The number of hydrogen-bond acceptors (Lipinski definition) is 5. The molecule has 0 saturated heterocycles. The van der Waals surface area contributed by atoms with Gasteiger partial charge in [0.1, 0.15) is 24.2 Å². The van der Waals surface area contributed by atoms with Crippen LogP contribution in [-0.2, 0) is 14.4 Å². The van der Waals surface area contributed by atoms with Crippen molar-refractivity contribution in [2.24, 2.45) is 0 Å². The van der Waals surface area contributed by atoms with Crippen molar-refractivity contribution in [1.29, 1.82) is 0 Å². The molecule has 3 N–H and O–H groups in total.